The van der Waals surface area contributed by atoms with Gasteiger partial charge in [0, 0.05) is 0 Å². The quantitative estimate of drug-likeness (QED) is 0.720. The third-order valence-corrected chi connectivity index (χ3v) is 3.95. The highest BCUT2D eigenvalue weighted by atomic mass is 16.5. The van der Waals surface area contributed by atoms with Gasteiger partial charge in [-0.05, 0) is 38.6 Å². The van der Waals surface area contributed by atoms with Crippen molar-refractivity contribution in [1.29, 1.82) is 0 Å². The number of carboxylic acid groups (broad SMARTS) is 1. The van der Waals surface area contributed by atoms with Crippen LogP contribution in [0, 0.1) is 5.92 Å². The Kier molecular flexibility index (Phi) is 3.50. The molecule has 0 saturated heterocycles. The van der Waals surface area contributed by atoms with E-state index in [9.17, 15) is 9.90 Å². The van der Waals surface area contributed by atoms with E-state index >= 15 is 0 Å². The highest BCUT2D eigenvalue weighted by Crippen LogP contribution is 2.40. The van der Waals surface area contributed by atoms with Gasteiger partial charge in [-0.1, -0.05) is 12.8 Å². The topological polar surface area (TPSA) is 58.6 Å². The van der Waals surface area contributed by atoms with Crippen LogP contribution in [0.3, 0.4) is 0 Å². The summed E-state index contributed by atoms with van der Waals surface area (Å²) < 4.78 is 5.78. The molecule has 0 aromatic rings. The number of rotatable bonds is 6. The molecule has 0 aromatic heterocycles. The lowest BCUT2D eigenvalue weighted by Gasteiger charge is -2.30. The third-order valence-electron chi connectivity index (χ3n) is 3.95. The van der Waals surface area contributed by atoms with E-state index in [0.717, 1.165) is 25.7 Å². The molecule has 0 amide bonds. The molecule has 0 spiro atoms. The van der Waals surface area contributed by atoms with E-state index in [1.165, 1.54) is 12.8 Å². The molecule has 2 fully saturated rings. The smallest absolute Gasteiger partial charge is 0.326 e. The Morgan fingerprint density at radius 3 is 2.44 bits per heavy atom. The van der Waals surface area contributed by atoms with Crippen molar-refractivity contribution in [2.24, 2.45) is 5.92 Å². The van der Waals surface area contributed by atoms with Crippen molar-refractivity contribution < 1.29 is 14.6 Å². The number of carbonyl (C=O) groups is 1. The monoisotopic (exact) mass is 227 g/mol. The molecule has 0 bridgehead atoms. The average Bonchev–Trinajstić information content (AvgIpc) is 2.97. The fraction of sp³-hybridized carbons (Fsp3) is 0.917. The van der Waals surface area contributed by atoms with E-state index in [1.54, 1.807) is 7.05 Å². The summed E-state index contributed by atoms with van der Waals surface area (Å²) in [5.41, 5.74) is -0.845. The Hall–Kier alpha value is -0.610. The van der Waals surface area contributed by atoms with E-state index in [0.29, 0.717) is 6.61 Å². The molecule has 92 valence electrons. The predicted molar refractivity (Wildman–Crippen MR) is 60.4 cm³/mol. The van der Waals surface area contributed by atoms with Gasteiger partial charge in [-0.2, -0.15) is 0 Å². The van der Waals surface area contributed by atoms with Crippen LogP contribution in [0.1, 0.15) is 38.5 Å². The summed E-state index contributed by atoms with van der Waals surface area (Å²) >= 11 is 0. The molecule has 0 heterocycles. The summed E-state index contributed by atoms with van der Waals surface area (Å²) in [6, 6.07) is 0. The molecule has 0 radical (unpaired) electrons. The van der Waals surface area contributed by atoms with Gasteiger partial charge >= 0.3 is 5.97 Å². The highest BCUT2D eigenvalue weighted by Gasteiger charge is 2.50. The van der Waals surface area contributed by atoms with Crippen LogP contribution in [0.15, 0.2) is 0 Å². The van der Waals surface area contributed by atoms with Gasteiger partial charge < -0.3 is 15.2 Å². The Morgan fingerprint density at radius 1 is 1.38 bits per heavy atom. The summed E-state index contributed by atoms with van der Waals surface area (Å²) in [6.45, 7) is 0.314. The first-order chi connectivity index (χ1) is 7.69. The molecule has 1 atom stereocenters. The first kappa shape index (κ1) is 11.9. The Balaban J connectivity index is 1.93. The van der Waals surface area contributed by atoms with E-state index in [4.69, 9.17) is 4.74 Å². The van der Waals surface area contributed by atoms with E-state index in [-0.39, 0.29) is 12.0 Å². The molecule has 2 saturated carbocycles. The zero-order valence-electron chi connectivity index (χ0n) is 9.87. The molecular formula is C12H21NO3. The predicted octanol–water partition coefficient (Wildman–Crippen LogP) is 1.40. The summed E-state index contributed by atoms with van der Waals surface area (Å²) in [5.74, 6) is -0.521. The Labute approximate surface area is 96.4 Å². The minimum atomic E-state index is -0.845. The second-order valence-corrected chi connectivity index (χ2v) is 5.02. The first-order valence-electron chi connectivity index (χ1n) is 6.23. The largest absolute Gasteiger partial charge is 0.480 e. The fourth-order valence-electron chi connectivity index (χ4n) is 2.62. The molecule has 4 heteroatoms. The molecule has 1 unspecified atom stereocenters. The van der Waals surface area contributed by atoms with E-state index in [1.807, 2.05) is 0 Å². The van der Waals surface area contributed by atoms with Gasteiger partial charge in [0.2, 0.25) is 0 Å². The van der Waals surface area contributed by atoms with Gasteiger partial charge in [-0.15, -0.1) is 0 Å². The normalized spacial score (nSPS) is 25.6. The maximum Gasteiger partial charge on any atom is 0.326 e. The van der Waals surface area contributed by atoms with Crippen molar-refractivity contribution in [3.05, 3.63) is 0 Å². The molecule has 0 aliphatic heterocycles. The van der Waals surface area contributed by atoms with Gasteiger partial charge in [-0.25, -0.2) is 0 Å². The van der Waals surface area contributed by atoms with Crippen molar-refractivity contribution in [1.82, 2.24) is 5.32 Å². The molecule has 2 rings (SSSR count). The molecule has 16 heavy (non-hydrogen) atoms. The van der Waals surface area contributed by atoms with Gasteiger partial charge in [0.15, 0.2) is 0 Å². The SMILES string of the molecule is CNC(COC1CCCC1)(C(=O)O)C1CC1. The van der Waals surface area contributed by atoms with Crippen LogP contribution in [0.25, 0.3) is 0 Å². The van der Waals surface area contributed by atoms with Crippen molar-refractivity contribution in [3.63, 3.8) is 0 Å². The van der Waals surface area contributed by atoms with Crippen molar-refractivity contribution in [2.75, 3.05) is 13.7 Å². The fourth-order valence-corrected chi connectivity index (χ4v) is 2.62. The number of likely N-dealkylation sites (N-methyl/N-ethyl adjacent to an activating group) is 1. The number of carboxylic acids is 1. The number of aliphatic carboxylic acids is 1. The highest BCUT2D eigenvalue weighted by molar-refractivity contribution is 5.80. The lowest BCUT2D eigenvalue weighted by atomic mass is 9.94. The second kappa shape index (κ2) is 4.72. The number of hydrogen-bond acceptors (Lipinski definition) is 3. The lowest BCUT2D eigenvalue weighted by molar-refractivity contribution is -0.150. The van der Waals surface area contributed by atoms with Gasteiger partial charge in [0.05, 0.1) is 12.7 Å². The van der Waals surface area contributed by atoms with Gasteiger partial charge in [-0.3, -0.25) is 4.79 Å². The van der Waals surface area contributed by atoms with Gasteiger partial charge in [0.25, 0.3) is 0 Å². The molecule has 2 aliphatic carbocycles. The maximum absolute atomic E-state index is 11.4. The van der Waals surface area contributed by atoms with Crippen LogP contribution in [0.2, 0.25) is 0 Å². The minimum Gasteiger partial charge on any atom is -0.480 e. The standard InChI is InChI=1S/C12H21NO3/c1-13-12(11(14)15,9-6-7-9)8-16-10-4-2-3-5-10/h9-10,13H,2-8H2,1H3,(H,14,15). The van der Waals surface area contributed by atoms with E-state index < -0.39 is 11.5 Å². The third kappa shape index (κ3) is 2.23. The number of nitrogens with one attached hydrogen (secondary N) is 1. The summed E-state index contributed by atoms with van der Waals surface area (Å²) in [7, 11) is 1.73. The van der Waals surface area contributed by atoms with Crippen molar-refractivity contribution in [3.8, 4) is 0 Å². The second-order valence-electron chi connectivity index (χ2n) is 5.02. The van der Waals surface area contributed by atoms with Crippen molar-refractivity contribution in [2.45, 2.75) is 50.2 Å². The summed E-state index contributed by atoms with van der Waals surface area (Å²) in [4.78, 5) is 11.4. The molecule has 0 aromatic carbocycles. The maximum atomic E-state index is 11.4. The molecule has 2 N–H and O–H groups in total. The number of ether oxygens (including phenoxy) is 1. The minimum absolute atomic E-state index is 0.247. The van der Waals surface area contributed by atoms with Crippen LogP contribution in [-0.4, -0.2) is 36.4 Å². The molecule has 2 aliphatic rings. The summed E-state index contributed by atoms with van der Waals surface area (Å²) in [6.07, 6.45) is 6.89. The van der Waals surface area contributed by atoms with E-state index in [2.05, 4.69) is 5.32 Å². The molecular weight excluding hydrogens is 206 g/mol. The van der Waals surface area contributed by atoms with Gasteiger partial charge in [0.1, 0.15) is 5.54 Å². The molecule has 4 nitrogen and oxygen atoms in total. The average molecular weight is 227 g/mol. The number of hydrogen-bond donors (Lipinski definition) is 2. The Morgan fingerprint density at radius 2 is 2.00 bits per heavy atom. The van der Waals surface area contributed by atoms with Crippen LogP contribution >= 0.6 is 0 Å². The Bertz CT molecular complexity index is 259. The lowest BCUT2D eigenvalue weighted by Crippen LogP contribution is -2.56. The van der Waals surface area contributed by atoms with Crippen molar-refractivity contribution >= 4 is 5.97 Å². The first-order valence-corrected chi connectivity index (χ1v) is 6.23. The van der Waals surface area contributed by atoms with Crippen LogP contribution in [0.4, 0.5) is 0 Å². The zero-order valence-corrected chi connectivity index (χ0v) is 9.87. The summed E-state index contributed by atoms with van der Waals surface area (Å²) in [5, 5.41) is 12.3. The van der Waals surface area contributed by atoms with Crippen LogP contribution in [0.5, 0.6) is 0 Å². The van der Waals surface area contributed by atoms with Crippen LogP contribution < -0.4 is 5.32 Å². The zero-order chi connectivity index (χ0) is 11.6. The van der Waals surface area contributed by atoms with Crippen LogP contribution in [-0.2, 0) is 9.53 Å².